The van der Waals surface area contributed by atoms with Crippen LogP contribution >= 0.6 is 0 Å². The van der Waals surface area contributed by atoms with Crippen LogP contribution in [0.5, 0.6) is 0 Å². The summed E-state index contributed by atoms with van der Waals surface area (Å²) in [5, 5.41) is 14.8. The number of rotatable bonds is 11. The number of hydrogen-bond acceptors (Lipinski definition) is 4. The van der Waals surface area contributed by atoms with Crippen LogP contribution in [0.25, 0.3) is 11.1 Å². The number of carbonyl (C=O) groups excluding carboxylic acids is 2. The van der Waals surface area contributed by atoms with Gasteiger partial charge in [0.1, 0.15) is 6.61 Å². The molecule has 2 atom stereocenters. The number of amides is 2. The lowest BCUT2D eigenvalue weighted by atomic mass is 9.92. The van der Waals surface area contributed by atoms with E-state index in [2.05, 4.69) is 34.9 Å². The number of aliphatic carboxylic acids is 1. The minimum atomic E-state index is -0.880. The molecule has 2 aromatic rings. The Labute approximate surface area is 207 Å². The van der Waals surface area contributed by atoms with Gasteiger partial charge in [-0.1, -0.05) is 76.2 Å². The van der Waals surface area contributed by atoms with Gasteiger partial charge in [-0.05, 0) is 40.0 Å². The number of hydrogen-bond donors (Lipinski definition) is 3. The van der Waals surface area contributed by atoms with Crippen LogP contribution in [0.2, 0.25) is 0 Å². The summed E-state index contributed by atoms with van der Waals surface area (Å²) < 4.78 is 5.63. The number of fused-ring (bicyclic) bond motifs is 3. The van der Waals surface area contributed by atoms with Gasteiger partial charge in [0.05, 0.1) is 6.42 Å². The van der Waals surface area contributed by atoms with Crippen LogP contribution in [0.15, 0.2) is 48.5 Å². The van der Waals surface area contributed by atoms with Crippen molar-refractivity contribution in [1.29, 1.82) is 0 Å². The predicted molar refractivity (Wildman–Crippen MR) is 135 cm³/mol. The molecule has 0 aliphatic heterocycles. The number of carboxylic acids is 1. The molecule has 0 aromatic heterocycles. The zero-order chi connectivity index (χ0) is 25.5. The SMILES string of the molecule is CC(C)C(CNC(=O)CC(NC(=O)OCC1c2ccccc2-c2ccccc21)C(C)C)CC(=O)O. The van der Waals surface area contributed by atoms with Crippen LogP contribution in [-0.2, 0) is 14.3 Å². The fourth-order valence-electron chi connectivity index (χ4n) is 4.53. The molecule has 7 nitrogen and oxygen atoms in total. The van der Waals surface area contributed by atoms with E-state index in [1.807, 2.05) is 52.0 Å². The van der Waals surface area contributed by atoms with Gasteiger partial charge >= 0.3 is 12.1 Å². The van der Waals surface area contributed by atoms with Crippen molar-refractivity contribution >= 4 is 18.0 Å². The highest BCUT2D eigenvalue weighted by molar-refractivity contribution is 5.79. The van der Waals surface area contributed by atoms with E-state index >= 15 is 0 Å². The van der Waals surface area contributed by atoms with Gasteiger partial charge in [0, 0.05) is 24.9 Å². The van der Waals surface area contributed by atoms with Crippen molar-refractivity contribution in [3.8, 4) is 11.1 Å². The molecule has 0 fully saturated rings. The monoisotopic (exact) mass is 480 g/mol. The van der Waals surface area contributed by atoms with Gasteiger partial charge in [-0.2, -0.15) is 0 Å². The molecule has 1 aliphatic carbocycles. The standard InChI is InChI=1S/C28H36N2O5/c1-17(2)19(13-27(32)33)15-29-26(31)14-25(18(3)4)30-28(34)35-16-24-22-11-7-5-9-20(22)21-10-6-8-12-23(21)24/h5-12,17-19,24-25H,13-16H2,1-4H3,(H,29,31)(H,30,34)(H,32,33). The molecule has 0 saturated carbocycles. The first kappa shape index (κ1) is 26.3. The zero-order valence-corrected chi connectivity index (χ0v) is 20.9. The average molecular weight is 481 g/mol. The van der Waals surface area contributed by atoms with Gasteiger partial charge in [-0.3, -0.25) is 9.59 Å². The average Bonchev–Trinajstić information content (AvgIpc) is 3.13. The largest absolute Gasteiger partial charge is 0.481 e. The molecule has 2 amide bonds. The number of carboxylic acid groups (broad SMARTS) is 1. The number of nitrogens with one attached hydrogen (secondary N) is 2. The molecule has 0 bridgehead atoms. The Morgan fingerprint density at radius 3 is 1.97 bits per heavy atom. The van der Waals surface area contributed by atoms with Gasteiger partial charge in [-0.25, -0.2) is 4.79 Å². The smallest absolute Gasteiger partial charge is 0.407 e. The molecular formula is C28H36N2O5. The molecule has 7 heteroatoms. The maximum Gasteiger partial charge on any atom is 0.407 e. The molecule has 0 spiro atoms. The number of carbonyl (C=O) groups is 3. The van der Waals surface area contributed by atoms with Crippen molar-refractivity contribution < 1.29 is 24.2 Å². The van der Waals surface area contributed by atoms with Gasteiger partial charge < -0.3 is 20.5 Å². The molecule has 2 aromatic carbocycles. The molecule has 188 valence electrons. The van der Waals surface area contributed by atoms with Crippen LogP contribution < -0.4 is 10.6 Å². The summed E-state index contributed by atoms with van der Waals surface area (Å²) in [4.78, 5) is 36.3. The van der Waals surface area contributed by atoms with E-state index in [1.165, 1.54) is 0 Å². The summed E-state index contributed by atoms with van der Waals surface area (Å²) in [5.41, 5.74) is 4.61. The zero-order valence-electron chi connectivity index (χ0n) is 20.9. The summed E-state index contributed by atoms with van der Waals surface area (Å²) >= 11 is 0. The lowest BCUT2D eigenvalue weighted by Gasteiger charge is -2.24. The second kappa shape index (κ2) is 11.9. The lowest BCUT2D eigenvalue weighted by Crippen LogP contribution is -2.43. The maximum absolute atomic E-state index is 12.7. The van der Waals surface area contributed by atoms with E-state index in [0.29, 0.717) is 6.54 Å². The van der Waals surface area contributed by atoms with Crippen molar-refractivity contribution in [3.05, 3.63) is 59.7 Å². The van der Waals surface area contributed by atoms with Gasteiger partial charge in [0.15, 0.2) is 0 Å². The summed E-state index contributed by atoms with van der Waals surface area (Å²) in [7, 11) is 0. The van der Waals surface area contributed by atoms with Crippen LogP contribution in [0.1, 0.15) is 57.6 Å². The van der Waals surface area contributed by atoms with Crippen LogP contribution in [0, 0.1) is 17.8 Å². The van der Waals surface area contributed by atoms with E-state index in [9.17, 15) is 14.4 Å². The third-order valence-electron chi connectivity index (χ3n) is 6.80. The van der Waals surface area contributed by atoms with Crippen LogP contribution in [-0.4, -0.2) is 42.3 Å². The lowest BCUT2D eigenvalue weighted by molar-refractivity contribution is -0.138. The maximum atomic E-state index is 12.7. The second-order valence-corrected chi connectivity index (χ2v) is 9.93. The first-order valence-electron chi connectivity index (χ1n) is 12.3. The molecule has 0 radical (unpaired) electrons. The van der Waals surface area contributed by atoms with Crippen molar-refractivity contribution in [2.45, 2.75) is 52.5 Å². The van der Waals surface area contributed by atoms with Crippen molar-refractivity contribution in [2.24, 2.45) is 17.8 Å². The Hall–Kier alpha value is -3.35. The Morgan fingerprint density at radius 1 is 0.886 bits per heavy atom. The fraction of sp³-hybridized carbons (Fsp3) is 0.464. The quantitative estimate of drug-likeness (QED) is 0.428. The predicted octanol–water partition coefficient (Wildman–Crippen LogP) is 4.80. The highest BCUT2D eigenvalue weighted by Crippen LogP contribution is 2.44. The van der Waals surface area contributed by atoms with E-state index in [1.54, 1.807) is 0 Å². The third kappa shape index (κ3) is 6.84. The van der Waals surface area contributed by atoms with E-state index in [-0.39, 0.29) is 49.0 Å². The minimum Gasteiger partial charge on any atom is -0.481 e. The summed E-state index contributed by atoms with van der Waals surface area (Å²) in [6.07, 6.45) is -0.451. The molecule has 3 rings (SSSR count). The Balaban J connectivity index is 1.55. The van der Waals surface area contributed by atoms with Crippen molar-refractivity contribution in [3.63, 3.8) is 0 Å². The first-order valence-corrected chi connectivity index (χ1v) is 12.3. The van der Waals surface area contributed by atoms with Gasteiger partial charge in [-0.15, -0.1) is 0 Å². The summed E-state index contributed by atoms with van der Waals surface area (Å²) in [6.45, 7) is 8.25. The molecular weight excluding hydrogens is 444 g/mol. The van der Waals surface area contributed by atoms with Gasteiger partial charge in [0.25, 0.3) is 0 Å². The Bertz CT molecular complexity index is 1000. The first-order chi connectivity index (χ1) is 16.7. The van der Waals surface area contributed by atoms with Crippen LogP contribution in [0.3, 0.4) is 0 Å². The Morgan fingerprint density at radius 2 is 1.46 bits per heavy atom. The molecule has 35 heavy (non-hydrogen) atoms. The van der Waals surface area contributed by atoms with E-state index < -0.39 is 18.1 Å². The van der Waals surface area contributed by atoms with Gasteiger partial charge in [0.2, 0.25) is 5.91 Å². The summed E-state index contributed by atoms with van der Waals surface area (Å²) in [5.74, 6) is -1.14. The Kier molecular flexibility index (Phi) is 8.90. The highest BCUT2D eigenvalue weighted by Gasteiger charge is 2.29. The summed E-state index contributed by atoms with van der Waals surface area (Å²) in [6, 6.07) is 15.9. The highest BCUT2D eigenvalue weighted by atomic mass is 16.5. The van der Waals surface area contributed by atoms with Crippen molar-refractivity contribution in [1.82, 2.24) is 10.6 Å². The number of benzene rings is 2. The molecule has 0 saturated heterocycles. The second-order valence-electron chi connectivity index (χ2n) is 9.93. The number of alkyl carbamates (subject to hydrolysis) is 1. The number of ether oxygens (including phenoxy) is 1. The van der Waals surface area contributed by atoms with Crippen LogP contribution in [0.4, 0.5) is 4.79 Å². The molecule has 1 aliphatic rings. The van der Waals surface area contributed by atoms with E-state index in [4.69, 9.17) is 9.84 Å². The van der Waals surface area contributed by atoms with E-state index in [0.717, 1.165) is 22.3 Å². The normalized spacial score (nSPS) is 14.2. The minimum absolute atomic E-state index is 0.00353. The topological polar surface area (TPSA) is 105 Å². The van der Waals surface area contributed by atoms with Crippen molar-refractivity contribution in [2.75, 3.05) is 13.2 Å². The molecule has 0 heterocycles. The fourth-order valence-corrected chi connectivity index (χ4v) is 4.53. The third-order valence-corrected chi connectivity index (χ3v) is 6.80. The molecule has 2 unspecified atom stereocenters. The molecule has 3 N–H and O–H groups in total.